The van der Waals surface area contributed by atoms with Gasteiger partial charge in [-0.1, -0.05) is 25.1 Å². The lowest BCUT2D eigenvalue weighted by atomic mass is 9.92. The zero-order valence-electron chi connectivity index (χ0n) is 9.21. The minimum atomic E-state index is -0.673. The summed E-state index contributed by atoms with van der Waals surface area (Å²) in [5.74, 6) is -0.673. The van der Waals surface area contributed by atoms with Crippen molar-refractivity contribution in [1.82, 2.24) is 0 Å². The first-order chi connectivity index (χ1) is 7.10. The average Bonchev–Trinajstić information content (AvgIpc) is 2.99. The number of carbonyl (C=O) groups is 1. The zero-order chi connectivity index (χ0) is 11.1. The van der Waals surface area contributed by atoms with Crippen molar-refractivity contribution in [2.75, 3.05) is 0 Å². The second-order valence-electron chi connectivity index (χ2n) is 4.38. The molecule has 0 radical (unpaired) electrons. The maximum atomic E-state index is 11.2. The van der Waals surface area contributed by atoms with Crippen LogP contribution in [0.3, 0.4) is 0 Å². The van der Waals surface area contributed by atoms with E-state index in [9.17, 15) is 9.90 Å². The topological polar surface area (TPSA) is 37.3 Å². The molecule has 80 valence electrons. The monoisotopic (exact) mass is 204 g/mol. The number of carboxylic acid groups (broad SMARTS) is 1. The number of aryl methyl sites for hydroxylation is 2. The summed E-state index contributed by atoms with van der Waals surface area (Å²) in [4.78, 5) is 11.2. The third kappa shape index (κ3) is 1.54. The lowest BCUT2D eigenvalue weighted by Gasteiger charge is -2.12. The summed E-state index contributed by atoms with van der Waals surface area (Å²) >= 11 is 0. The van der Waals surface area contributed by atoms with Crippen molar-refractivity contribution in [1.29, 1.82) is 0 Å². The third-order valence-electron chi connectivity index (χ3n) is 3.44. The van der Waals surface area contributed by atoms with Crippen LogP contribution < -0.4 is 0 Å². The van der Waals surface area contributed by atoms with Gasteiger partial charge in [-0.25, -0.2) is 0 Å². The maximum Gasteiger partial charge on any atom is 0.314 e. The fraction of sp³-hybridized carbons (Fsp3) is 0.462. The van der Waals surface area contributed by atoms with Crippen LogP contribution in [0.2, 0.25) is 0 Å². The Morgan fingerprint density at radius 3 is 2.60 bits per heavy atom. The quantitative estimate of drug-likeness (QED) is 0.821. The molecule has 0 unspecified atom stereocenters. The normalized spacial score (nSPS) is 17.5. The van der Waals surface area contributed by atoms with Crippen molar-refractivity contribution in [3.8, 4) is 0 Å². The van der Waals surface area contributed by atoms with E-state index >= 15 is 0 Å². The van der Waals surface area contributed by atoms with Gasteiger partial charge in [-0.3, -0.25) is 4.79 Å². The van der Waals surface area contributed by atoms with Crippen LogP contribution in [0.15, 0.2) is 18.2 Å². The van der Waals surface area contributed by atoms with Gasteiger partial charge in [0, 0.05) is 0 Å². The highest BCUT2D eigenvalue weighted by molar-refractivity contribution is 5.85. The first-order valence-electron chi connectivity index (χ1n) is 5.43. The zero-order valence-corrected chi connectivity index (χ0v) is 9.21. The molecule has 0 heterocycles. The van der Waals surface area contributed by atoms with E-state index in [0.29, 0.717) is 0 Å². The fourth-order valence-corrected chi connectivity index (χ4v) is 2.10. The van der Waals surface area contributed by atoms with Crippen LogP contribution in [0.25, 0.3) is 0 Å². The van der Waals surface area contributed by atoms with E-state index in [0.717, 1.165) is 24.8 Å². The van der Waals surface area contributed by atoms with Crippen LogP contribution in [0.4, 0.5) is 0 Å². The molecule has 0 spiro atoms. The lowest BCUT2D eigenvalue weighted by molar-refractivity contribution is -0.140. The molecule has 0 saturated heterocycles. The number of hydrogen-bond acceptors (Lipinski definition) is 1. The van der Waals surface area contributed by atoms with E-state index in [2.05, 4.69) is 19.9 Å². The van der Waals surface area contributed by atoms with Gasteiger partial charge in [-0.2, -0.15) is 0 Å². The largest absolute Gasteiger partial charge is 0.481 e. The third-order valence-corrected chi connectivity index (χ3v) is 3.44. The molecule has 1 aliphatic rings. The molecule has 0 aromatic heterocycles. The average molecular weight is 204 g/mol. The standard InChI is InChI=1S/C13H16O2/c1-3-10-8-11(5-4-9(10)2)13(6-7-13)12(14)15/h4-5,8H,3,6-7H2,1-2H3,(H,14,15). The van der Waals surface area contributed by atoms with Crippen molar-refractivity contribution in [2.45, 2.75) is 38.5 Å². The highest BCUT2D eigenvalue weighted by atomic mass is 16.4. The van der Waals surface area contributed by atoms with Gasteiger partial charge in [0.2, 0.25) is 0 Å². The summed E-state index contributed by atoms with van der Waals surface area (Å²) in [6.45, 7) is 4.18. The van der Waals surface area contributed by atoms with Crippen LogP contribution in [-0.2, 0) is 16.6 Å². The Bertz CT molecular complexity index is 403. The molecule has 15 heavy (non-hydrogen) atoms. The summed E-state index contributed by atoms with van der Waals surface area (Å²) in [6, 6.07) is 6.07. The first kappa shape index (κ1) is 10.2. The fourth-order valence-electron chi connectivity index (χ4n) is 2.10. The molecule has 0 amide bonds. The van der Waals surface area contributed by atoms with Gasteiger partial charge in [0.1, 0.15) is 0 Å². The minimum Gasteiger partial charge on any atom is -0.481 e. The van der Waals surface area contributed by atoms with E-state index in [-0.39, 0.29) is 0 Å². The predicted molar refractivity (Wildman–Crippen MR) is 59.1 cm³/mol. The van der Waals surface area contributed by atoms with Gasteiger partial charge in [0.15, 0.2) is 0 Å². The molecule has 2 nitrogen and oxygen atoms in total. The summed E-state index contributed by atoms with van der Waals surface area (Å²) in [6.07, 6.45) is 2.54. The molecule has 2 rings (SSSR count). The number of aliphatic carboxylic acids is 1. The van der Waals surface area contributed by atoms with Crippen molar-refractivity contribution in [3.63, 3.8) is 0 Å². The van der Waals surface area contributed by atoms with Crippen molar-refractivity contribution in [2.24, 2.45) is 0 Å². The number of hydrogen-bond donors (Lipinski definition) is 1. The van der Waals surface area contributed by atoms with E-state index in [1.165, 1.54) is 11.1 Å². The van der Waals surface area contributed by atoms with E-state index in [1.807, 2.05) is 12.1 Å². The molecule has 1 aromatic rings. The second kappa shape index (κ2) is 3.37. The Labute approximate surface area is 89.9 Å². The Balaban J connectivity index is 2.42. The highest BCUT2D eigenvalue weighted by Gasteiger charge is 2.51. The van der Waals surface area contributed by atoms with Crippen molar-refractivity contribution < 1.29 is 9.90 Å². The SMILES string of the molecule is CCc1cc(C2(C(=O)O)CC2)ccc1C. The van der Waals surface area contributed by atoms with Gasteiger partial charge >= 0.3 is 5.97 Å². The second-order valence-corrected chi connectivity index (χ2v) is 4.38. The maximum absolute atomic E-state index is 11.2. The van der Waals surface area contributed by atoms with Gasteiger partial charge in [-0.05, 0) is 42.9 Å². The highest BCUT2D eigenvalue weighted by Crippen LogP contribution is 2.48. The number of rotatable bonds is 3. The van der Waals surface area contributed by atoms with Gasteiger partial charge in [-0.15, -0.1) is 0 Å². The first-order valence-corrected chi connectivity index (χ1v) is 5.43. The Morgan fingerprint density at radius 2 is 2.13 bits per heavy atom. The van der Waals surface area contributed by atoms with E-state index < -0.39 is 11.4 Å². The van der Waals surface area contributed by atoms with Crippen LogP contribution in [0, 0.1) is 6.92 Å². The molecule has 0 aliphatic heterocycles. The predicted octanol–water partition coefficient (Wildman–Crippen LogP) is 2.67. The van der Waals surface area contributed by atoms with Gasteiger partial charge in [0.05, 0.1) is 5.41 Å². The van der Waals surface area contributed by atoms with Crippen LogP contribution in [-0.4, -0.2) is 11.1 Å². The van der Waals surface area contributed by atoms with E-state index in [4.69, 9.17) is 0 Å². The molecule has 1 aromatic carbocycles. The Kier molecular flexibility index (Phi) is 2.29. The van der Waals surface area contributed by atoms with Crippen LogP contribution in [0.1, 0.15) is 36.5 Å². The number of benzene rings is 1. The molecule has 1 N–H and O–H groups in total. The molecule has 1 saturated carbocycles. The lowest BCUT2D eigenvalue weighted by Crippen LogP contribution is -2.19. The van der Waals surface area contributed by atoms with Crippen LogP contribution in [0.5, 0.6) is 0 Å². The summed E-state index contributed by atoms with van der Waals surface area (Å²) < 4.78 is 0. The number of carboxylic acids is 1. The molecular formula is C13H16O2. The molecule has 1 aliphatic carbocycles. The summed E-state index contributed by atoms with van der Waals surface area (Å²) in [5.41, 5.74) is 2.94. The molecule has 0 bridgehead atoms. The summed E-state index contributed by atoms with van der Waals surface area (Å²) in [5, 5.41) is 9.19. The van der Waals surface area contributed by atoms with Crippen molar-refractivity contribution in [3.05, 3.63) is 34.9 Å². The summed E-state index contributed by atoms with van der Waals surface area (Å²) in [7, 11) is 0. The minimum absolute atomic E-state index is 0.558. The smallest absolute Gasteiger partial charge is 0.314 e. The van der Waals surface area contributed by atoms with Gasteiger partial charge in [0.25, 0.3) is 0 Å². The van der Waals surface area contributed by atoms with Gasteiger partial charge < -0.3 is 5.11 Å². The van der Waals surface area contributed by atoms with E-state index in [1.54, 1.807) is 0 Å². The molecule has 1 fully saturated rings. The van der Waals surface area contributed by atoms with Crippen LogP contribution >= 0.6 is 0 Å². The Hall–Kier alpha value is -1.31. The molecule has 0 atom stereocenters. The molecular weight excluding hydrogens is 188 g/mol. The Morgan fingerprint density at radius 1 is 1.47 bits per heavy atom. The molecule has 2 heteroatoms. The van der Waals surface area contributed by atoms with Crippen molar-refractivity contribution >= 4 is 5.97 Å².